The third kappa shape index (κ3) is 3.15. The maximum Gasteiger partial charge on any atom is 0.161 e. The number of benzene rings is 3. The molecule has 0 amide bonds. The molecule has 0 unspecified atom stereocenters. The molecule has 0 bridgehead atoms. The lowest BCUT2D eigenvalue weighted by Crippen LogP contribution is -1.91. The predicted octanol–water partition coefficient (Wildman–Crippen LogP) is 8.67. The first kappa shape index (κ1) is 20.9. The van der Waals surface area contributed by atoms with Crippen molar-refractivity contribution >= 4 is 43.9 Å². The van der Waals surface area contributed by atoms with E-state index >= 15 is 0 Å². The van der Waals surface area contributed by atoms with Gasteiger partial charge in [-0.25, -0.2) is 0 Å². The van der Waals surface area contributed by atoms with Gasteiger partial charge >= 0.3 is 0 Å². The molecule has 0 aliphatic heterocycles. The molecule has 0 atom stereocenters. The quantitative estimate of drug-likeness (QED) is 0.248. The van der Waals surface area contributed by atoms with Gasteiger partial charge in [-0.1, -0.05) is 42.5 Å². The Morgan fingerprint density at radius 2 is 0.947 bits per heavy atom. The molecule has 8 aromatic rings. The number of aromatic nitrogens is 3. The Morgan fingerprint density at radius 1 is 0.421 bits per heavy atom. The van der Waals surface area contributed by atoms with Crippen LogP contribution >= 0.6 is 0 Å². The van der Waals surface area contributed by atoms with Crippen LogP contribution in [0.15, 0.2) is 124 Å². The molecule has 38 heavy (non-hydrogen) atoms. The Labute approximate surface area is 217 Å². The number of nitrogens with zero attached hydrogens (tertiary/aromatic N) is 3. The molecule has 8 rings (SSSR count). The Hall–Kier alpha value is -5.29. The normalized spacial score (nSPS) is 11.7. The highest BCUT2D eigenvalue weighted by atomic mass is 16.3. The van der Waals surface area contributed by atoms with E-state index in [-0.39, 0.29) is 0 Å². The summed E-state index contributed by atoms with van der Waals surface area (Å²) in [5.74, 6) is 0. The third-order valence-electron chi connectivity index (χ3n) is 7.03. The van der Waals surface area contributed by atoms with Crippen LogP contribution in [0, 0.1) is 0 Å². The van der Waals surface area contributed by atoms with E-state index in [1.54, 1.807) is 6.20 Å². The van der Waals surface area contributed by atoms with Crippen LogP contribution in [0.2, 0.25) is 0 Å². The number of hydrogen-bond acceptors (Lipinski definition) is 5. The highest BCUT2D eigenvalue weighted by molar-refractivity contribution is 6.10. The zero-order valence-corrected chi connectivity index (χ0v) is 20.1. The van der Waals surface area contributed by atoms with Gasteiger partial charge < -0.3 is 8.83 Å². The fourth-order valence-electron chi connectivity index (χ4n) is 5.30. The second-order valence-electron chi connectivity index (χ2n) is 9.28. The Kier molecular flexibility index (Phi) is 4.45. The predicted molar refractivity (Wildman–Crippen MR) is 151 cm³/mol. The van der Waals surface area contributed by atoms with Gasteiger partial charge in [-0.15, -0.1) is 0 Å². The lowest BCUT2D eigenvalue weighted by molar-refractivity contribution is 0.668. The first-order valence-corrected chi connectivity index (χ1v) is 12.4. The maximum atomic E-state index is 6.33. The van der Waals surface area contributed by atoms with Crippen LogP contribution in [0.3, 0.4) is 0 Å². The maximum absolute atomic E-state index is 6.33. The highest BCUT2D eigenvalue weighted by Gasteiger charge is 2.18. The highest BCUT2D eigenvalue weighted by Crippen LogP contribution is 2.40. The second kappa shape index (κ2) is 8.11. The fraction of sp³-hybridized carbons (Fsp3) is 0. The number of furan rings is 2. The van der Waals surface area contributed by atoms with Crippen molar-refractivity contribution in [2.75, 3.05) is 0 Å². The zero-order valence-electron chi connectivity index (χ0n) is 20.1. The summed E-state index contributed by atoms with van der Waals surface area (Å²) in [4.78, 5) is 14.2. The zero-order chi connectivity index (χ0) is 25.1. The lowest BCUT2D eigenvalue weighted by Gasteiger charge is -2.10. The van der Waals surface area contributed by atoms with Gasteiger partial charge in [0.25, 0.3) is 0 Å². The van der Waals surface area contributed by atoms with Crippen LogP contribution in [-0.2, 0) is 0 Å². The van der Waals surface area contributed by atoms with Crippen molar-refractivity contribution in [2.45, 2.75) is 0 Å². The van der Waals surface area contributed by atoms with E-state index in [0.717, 1.165) is 77.6 Å². The summed E-state index contributed by atoms with van der Waals surface area (Å²) in [6.45, 7) is 0. The van der Waals surface area contributed by atoms with Crippen LogP contribution < -0.4 is 0 Å². The van der Waals surface area contributed by atoms with E-state index in [1.165, 1.54) is 0 Å². The molecule has 0 aliphatic rings. The van der Waals surface area contributed by atoms with Gasteiger partial charge in [0.1, 0.15) is 22.6 Å². The van der Waals surface area contributed by atoms with Crippen LogP contribution in [0.5, 0.6) is 0 Å². The Balaban J connectivity index is 1.43. The third-order valence-corrected chi connectivity index (χ3v) is 7.03. The van der Waals surface area contributed by atoms with E-state index in [9.17, 15) is 0 Å². The van der Waals surface area contributed by atoms with Crippen molar-refractivity contribution in [2.24, 2.45) is 0 Å². The van der Waals surface area contributed by atoms with E-state index in [1.807, 2.05) is 79.1 Å². The van der Waals surface area contributed by atoms with E-state index < -0.39 is 0 Å². The number of rotatable bonds is 3. The van der Waals surface area contributed by atoms with E-state index in [2.05, 4.69) is 35.3 Å². The molecule has 5 heterocycles. The average Bonchev–Trinajstić information content (AvgIpc) is 3.56. The SMILES string of the molecule is c1ccc(-c2cc(-c3nccc4c3oc3ccccc34)cc(-c3nccc4c3oc3ccccc34)c2)nc1. The molecule has 0 fully saturated rings. The minimum atomic E-state index is 0.757. The monoisotopic (exact) mass is 489 g/mol. The summed E-state index contributed by atoms with van der Waals surface area (Å²) >= 11 is 0. The molecule has 0 saturated carbocycles. The average molecular weight is 490 g/mol. The van der Waals surface area contributed by atoms with Crippen LogP contribution in [0.4, 0.5) is 0 Å². The van der Waals surface area contributed by atoms with Gasteiger partial charge in [-0.3, -0.25) is 15.0 Å². The van der Waals surface area contributed by atoms with Gasteiger partial charge in [0, 0.05) is 56.8 Å². The number of hydrogen-bond donors (Lipinski definition) is 0. The van der Waals surface area contributed by atoms with Crippen LogP contribution in [-0.4, -0.2) is 15.0 Å². The number of fused-ring (bicyclic) bond motifs is 6. The lowest BCUT2D eigenvalue weighted by atomic mass is 9.97. The Bertz CT molecular complexity index is 2010. The smallest absolute Gasteiger partial charge is 0.161 e. The minimum Gasteiger partial charge on any atom is -0.454 e. The molecule has 3 aromatic carbocycles. The molecule has 5 nitrogen and oxygen atoms in total. The molecule has 0 saturated heterocycles. The van der Waals surface area contributed by atoms with Crippen molar-refractivity contribution < 1.29 is 8.83 Å². The van der Waals surface area contributed by atoms with Crippen LogP contribution in [0.25, 0.3) is 77.6 Å². The topological polar surface area (TPSA) is 65.0 Å². The summed E-state index contributed by atoms with van der Waals surface area (Å²) < 4.78 is 12.7. The van der Waals surface area contributed by atoms with Crippen molar-refractivity contribution in [3.05, 3.63) is 116 Å². The molecule has 5 aromatic heterocycles. The molecule has 5 heteroatoms. The van der Waals surface area contributed by atoms with Crippen molar-refractivity contribution in [1.29, 1.82) is 0 Å². The van der Waals surface area contributed by atoms with Crippen LogP contribution in [0.1, 0.15) is 0 Å². The van der Waals surface area contributed by atoms with Crippen molar-refractivity contribution in [3.8, 4) is 33.8 Å². The summed E-state index contributed by atoms with van der Waals surface area (Å²) in [5, 5.41) is 4.21. The number of pyridine rings is 3. The van der Waals surface area contributed by atoms with Gasteiger partial charge in [0.15, 0.2) is 11.2 Å². The molecule has 0 spiro atoms. The molecule has 0 aliphatic carbocycles. The summed E-state index contributed by atoms with van der Waals surface area (Å²) in [6, 6.07) is 32.4. The molecule has 178 valence electrons. The molecule has 0 radical (unpaired) electrons. The minimum absolute atomic E-state index is 0.757. The second-order valence-corrected chi connectivity index (χ2v) is 9.28. The van der Waals surface area contributed by atoms with E-state index in [0.29, 0.717) is 0 Å². The molecule has 0 N–H and O–H groups in total. The number of para-hydroxylation sites is 2. The van der Waals surface area contributed by atoms with E-state index in [4.69, 9.17) is 18.8 Å². The van der Waals surface area contributed by atoms with Crippen molar-refractivity contribution in [3.63, 3.8) is 0 Å². The first-order chi connectivity index (χ1) is 18.8. The molecular weight excluding hydrogens is 470 g/mol. The fourth-order valence-corrected chi connectivity index (χ4v) is 5.30. The first-order valence-electron chi connectivity index (χ1n) is 12.4. The van der Waals surface area contributed by atoms with Gasteiger partial charge in [-0.05, 0) is 54.6 Å². The summed E-state index contributed by atoms with van der Waals surface area (Å²) in [6.07, 6.45) is 5.48. The largest absolute Gasteiger partial charge is 0.454 e. The molecular formula is C33H19N3O2. The Morgan fingerprint density at radius 3 is 1.50 bits per heavy atom. The standard InChI is InChI=1S/C33H19N3O2/c1-3-10-28-23(7-1)25-12-15-35-30(32(25)37-28)21-17-20(27-9-5-6-14-34-27)18-22(19-21)31-33-26(13-16-36-31)24-8-2-4-11-29(24)38-33/h1-19H. The van der Waals surface area contributed by atoms with Gasteiger partial charge in [-0.2, -0.15) is 0 Å². The van der Waals surface area contributed by atoms with Gasteiger partial charge in [0.2, 0.25) is 0 Å². The van der Waals surface area contributed by atoms with Crippen molar-refractivity contribution in [1.82, 2.24) is 15.0 Å². The summed E-state index contributed by atoms with van der Waals surface area (Å²) in [7, 11) is 0. The summed E-state index contributed by atoms with van der Waals surface area (Å²) in [5.41, 5.74) is 8.40. The van der Waals surface area contributed by atoms with Gasteiger partial charge in [0.05, 0.1) is 5.69 Å².